The van der Waals surface area contributed by atoms with Crippen LogP contribution in [0.15, 0.2) is 24.3 Å². The number of carbonyl (C=O) groups is 1. The van der Waals surface area contributed by atoms with E-state index < -0.39 is 0 Å². The maximum absolute atomic E-state index is 11.2. The molecule has 0 unspecified atom stereocenters. The van der Waals surface area contributed by atoms with E-state index in [0.717, 1.165) is 5.01 Å². The summed E-state index contributed by atoms with van der Waals surface area (Å²) in [4.78, 5) is 11.2. The van der Waals surface area contributed by atoms with Crippen molar-refractivity contribution in [1.29, 1.82) is 0 Å². The van der Waals surface area contributed by atoms with Crippen molar-refractivity contribution in [1.82, 2.24) is 5.01 Å². The van der Waals surface area contributed by atoms with Crippen molar-refractivity contribution in [3.8, 4) is 5.75 Å². The summed E-state index contributed by atoms with van der Waals surface area (Å²) in [5.41, 5.74) is 1.25. The number of rotatable bonds is 4. The Morgan fingerprint density at radius 2 is 1.94 bits per heavy atom. The molecule has 16 heavy (non-hydrogen) atoms. The monoisotopic (exact) mass is 222 g/mol. The molecule has 1 aromatic carbocycles. The smallest absolute Gasteiger partial charge is 0.274 e. The van der Waals surface area contributed by atoms with Crippen molar-refractivity contribution in [2.75, 3.05) is 13.7 Å². The minimum absolute atomic E-state index is 0.0337. The first-order valence-corrected chi connectivity index (χ1v) is 5.24. The number of hydrazine groups is 1. The Hall–Kier alpha value is -1.55. The van der Waals surface area contributed by atoms with Crippen LogP contribution >= 0.6 is 0 Å². The van der Waals surface area contributed by atoms with Crippen LogP contribution in [0.1, 0.15) is 25.3 Å². The predicted molar refractivity (Wildman–Crippen MR) is 63.0 cm³/mol. The Bertz CT molecular complexity index is 345. The van der Waals surface area contributed by atoms with Gasteiger partial charge in [-0.3, -0.25) is 9.80 Å². The summed E-state index contributed by atoms with van der Waals surface area (Å²) in [5, 5.41) is 1.02. The number of amides is 1. The van der Waals surface area contributed by atoms with Gasteiger partial charge >= 0.3 is 0 Å². The highest BCUT2D eigenvalue weighted by Gasteiger charge is 2.05. The maximum Gasteiger partial charge on any atom is 0.274 e. The number of nitrogens with zero attached hydrogens (tertiary/aromatic N) is 1. The van der Waals surface area contributed by atoms with Gasteiger partial charge in [-0.2, -0.15) is 0 Å². The highest BCUT2D eigenvalue weighted by molar-refractivity contribution is 5.76. The highest BCUT2D eigenvalue weighted by Crippen LogP contribution is 2.18. The van der Waals surface area contributed by atoms with E-state index in [0.29, 0.717) is 11.7 Å². The molecule has 0 bridgehead atoms. The minimum atomic E-state index is -0.257. The molecule has 0 aromatic heterocycles. The molecule has 0 saturated heterocycles. The van der Waals surface area contributed by atoms with Gasteiger partial charge in [0.2, 0.25) is 0 Å². The highest BCUT2D eigenvalue weighted by atomic mass is 16.5. The standard InChI is InChI=1S/C12H18N2O2/c1-9(2)10-4-6-11(7-5-10)16-8-12(15)14(3)13/h4-7,9H,8,13H2,1-3H3. The summed E-state index contributed by atoms with van der Waals surface area (Å²) in [6.07, 6.45) is 0. The fourth-order valence-corrected chi connectivity index (χ4v) is 1.20. The Labute approximate surface area is 96.0 Å². The molecule has 4 heteroatoms. The van der Waals surface area contributed by atoms with Gasteiger partial charge in [-0.1, -0.05) is 26.0 Å². The molecule has 0 fully saturated rings. The Morgan fingerprint density at radius 1 is 1.38 bits per heavy atom. The molecule has 88 valence electrons. The van der Waals surface area contributed by atoms with Crippen LogP contribution in [0.3, 0.4) is 0 Å². The Balaban J connectivity index is 2.53. The van der Waals surface area contributed by atoms with Crippen LogP contribution in [0.25, 0.3) is 0 Å². The van der Waals surface area contributed by atoms with Crippen molar-refractivity contribution in [2.24, 2.45) is 5.84 Å². The van der Waals surface area contributed by atoms with E-state index in [1.807, 2.05) is 24.3 Å². The molecule has 0 spiro atoms. The van der Waals surface area contributed by atoms with E-state index in [1.165, 1.54) is 12.6 Å². The van der Waals surface area contributed by atoms with Crippen molar-refractivity contribution in [2.45, 2.75) is 19.8 Å². The molecule has 0 aliphatic rings. The predicted octanol–water partition coefficient (Wildman–Crippen LogP) is 1.52. The molecular formula is C12H18N2O2. The zero-order valence-electron chi connectivity index (χ0n) is 9.93. The molecule has 0 saturated carbocycles. The normalized spacial score (nSPS) is 10.3. The van der Waals surface area contributed by atoms with Gasteiger partial charge in [0.05, 0.1) is 0 Å². The van der Waals surface area contributed by atoms with Gasteiger partial charge in [0, 0.05) is 7.05 Å². The average Bonchev–Trinajstić information content (AvgIpc) is 2.26. The average molecular weight is 222 g/mol. The molecule has 0 aliphatic heterocycles. The minimum Gasteiger partial charge on any atom is -0.484 e. The molecule has 1 aromatic rings. The lowest BCUT2D eigenvalue weighted by atomic mass is 10.0. The third-order valence-electron chi connectivity index (χ3n) is 2.30. The number of ether oxygens (including phenoxy) is 1. The SMILES string of the molecule is CC(C)c1ccc(OCC(=O)N(C)N)cc1. The molecule has 1 amide bonds. The number of likely N-dealkylation sites (N-methyl/N-ethyl adjacent to an activating group) is 1. The van der Waals surface area contributed by atoms with E-state index >= 15 is 0 Å². The third kappa shape index (κ3) is 3.55. The van der Waals surface area contributed by atoms with Gasteiger partial charge in [-0.05, 0) is 23.6 Å². The van der Waals surface area contributed by atoms with Crippen molar-refractivity contribution < 1.29 is 9.53 Å². The van der Waals surface area contributed by atoms with E-state index in [2.05, 4.69) is 13.8 Å². The molecule has 0 heterocycles. The lowest BCUT2D eigenvalue weighted by molar-refractivity contribution is -0.132. The van der Waals surface area contributed by atoms with Gasteiger partial charge in [0.25, 0.3) is 5.91 Å². The van der Waals surface area contributed by atoms with Crippen LogP contribution in [0.5, 0.6) is 5.75 Å². The molecule has 0 atom stereocenters. The molecule has 2 N–H and O–H groups in total. The first-order chi connectivity index (χ1) is 7.50. The molecular weight excluding hydrogens is 204 g/mol. The van der Waals surface area contributed by atoms with Crippen LogP contribution in [-0.4, -0.2) is 24.6 Å². The van der Waals surface area contributed by atoms with Gasteiger partial charge < -0.3 is 4.74 Å². The van der Waals surface area contributed by atoms with Crippen molar-refractivity contribution >= 4 is 5.91 Å². The van der Waals surface area contributed by atoms with Crippen molar-refractivity contribution in [3.63, 3.8) is 0 Å². The lowest BCUT2D eigenvalue weighted by Gasteiger charge is -2.11. The quantitative estimate of drug-likeness (QED) is 0.477. The third-order valence-corrected chi connectivity index (χ3v) is 2.30. The van der Waals surface area contributed by atoms with Gasteiger partial charge in [-0.15, -0.1) is 0 Å². The van der Waals surface area contributed by atoms with Gasteiger partial charge in [0.1, 0.15) is 5.75 Å². The second-order valence-corrected chi connectivity index (χ2v) is 4.02. The topological polar surface area (TPSA) is 55.6 Å². The summed E-state index contributed by atoms with van der Waals surface area (Å²) in [6, 6.07) is 7.71. The van der Waals surface area contributed by atoms with Crippen LogP contribution in [0, 0.1) is 0 Å². The number of carbonyl (C=O) groups excluding carboxylic acids is 1. The van der Waals surface area contributed by atoms with E-state index in [-0.39, 0.29) is 12.5 Å². The first-order valence-electron chi connectivity index (χ1n) is 5.24. The zero-order chi connectivity index (χ0) is 12.1. The second-order valence-electron chi connectivity index (χ2n) is 4.02. The Kier molecular flexibility index (Phi) is 4.31. The number of nitrogens with two attached hydrogens (primary N) is 1. The molecule has 0 aliphatic carbocycles. The van der Waals surface area contributed by atoms with E-state index in [9.17, 15) is 4.79 Å². The number of hydrogen-bond acceptors (Lipinski definition) is 3. The van der Waals surface area contributed by atoms with Crippen LogP contribution in [0.2, 0.25) is 0 Å². The summed E-state index contributed by atoms with van der Waals surface area (Å²) >= 11 is 0. The first kappa shape index (κ1) is 12.5. The molecule has 1 rings (SSSR count). The summed E-state index contributed by atoms with van der Waals surface area (Å²) in [5.74, 6) is 6.18. The van der Waals surface area contributed by atoms with Gasteiger partial charge in [0.15, 0.2) is 6.61 Å². The lowest BCUT2D eigenvalue weighted by Crippen LogP contribution is -2.36. The molecule has 0 radical (unpaired) electrons. The van der Waals surface area contributed by atoms with Crippen LogP contribution in [0.4, 0.5) is 0 Å². The zero-order valence-corrected chi connectivity index (χ0v) is 9.93. The summed E-state index contributed by atoms with van der Waals surface area (Å²) in [6.45, 7) is 4.22. The summed E-state index contributed by atoms with van der Waals surface area (Å²) in [7, 11) is 1.49. The fraction of sp³-hybridized carbons (Fsp3) is 0.417. The van der Waals surface area contributed by atoms with E-state index in [4.69, 9.17) is 10.6 Å². The maximum atomic E-state index is 11.2. The largest absolute Gasteiger partial charge is 0.484 e. The van der Waals surface area contributed by atoms with E-state index in [1.54, 1.807) is 0 Å². The summed E-state index contributed by atoms with van der Waals surface area (Å²) < 4.78 is 5.29. The number of hydrogen-bond donors (Lipinski definition) is 1. The van der Waals surface area contributed by atoms with Crippen LogP contribution in [-0.2, 0) is 4.79 Å². The fourth-order valence-electron chi connectivity index (χ4n) is 1.20. The number of benzene rings is 1. The van der Waals surface area contributed by atoms with Crippen LogP contribution < -0.4 is 10.6 Å². The second kappa shape index (κ2) is 5.51. The Morgan fingerprint density at radius 3 is 2.38 bits per heavy atom. The van der Waals surface area contributed by atoms with Gasteiger partial charge in [-0.25, -0.2) is 5.84 Å². The van der Waals surface area contributed by atoms with Crippen molar-refractivity contribution in [3.05, 3.63) is 29.8 Å². The molecule has 4 nitrogen and oxygen atoms in total.